The largest absolute Gasteiger partial charge is 0.465 e. The Balaban J connectivity index is 2.13. The average molecular weight is 433 g/mol. The summed E-state index contributed by atoms with van der Waals surface area (Å²) in [4.78, 5) is 30.7. The van der Waals surface area contributed by atoms with E-state index < -0.39 is 0 Å². The van der Waals surface area contributed by atoms with Crippen LogP contribution in [0.5, 0.6) is 0 Å². The molecule has 2 aromatic carbocycles. The molecule has 1 heterocycles. The first-order valence-corrected chi connectivity index (χ1v) is 11.9. The zero-order chi connectivity index (χ0) is 20.1. The van der Waals surface area contributed by atoms with Gasteiger partial charge in [-0.25, -0.2) is 4.79 Å². The Labute approximate surface area is 175 Å². The number of ether oxygens (including phenoxy) is 1. The maximum Gasteiger partial charge on any atom is 0.337 e. The third kappa shape index (κ3) is 4.34. The predicted octanol–water partition coefficient (Wildman–Crippen LogP) is 4.32. The molecule has 0 bridgehead atoms. The van der Waals surface area contributed by atoms with Crippen LogP contribution in [-0.4, -0.2) is 41.8 Å². The van der Waals surface area contributed by atoms with Gasteiger partial charge in [0.2, 0.25) is 0 Å². The number of fused-ring (bicyclic) bond motifs is 1. The molecule has 1 amide bonds. The van der Waals surface area contributed by atoms with Gasteiger partial charge in [0.1, 0.15) is 0 Å². The van der Waals surface area contributed by atoms with Crippen LogP contribution >= 0.6 is 34.9 Å². The van der Waals surface area contributed by atoms with Gasteiger partial charge in [-0.1, -0.05) is 23.5 Å². The van der Waals surface area contributed by atoms with Gasteiger partial charge in [0, 0.05) is 17.2 Å². The van der Waals surface area contributed by atoms with Crippen molar-refractivity contribution in [2.45, 2.75) is 11.4 Å². The van der Waals surface area contributed by atoms with Crippen molar-refractivity contribution in [2.24, 2.45) is 4.99 Å². The molecule has 0 saturated heterocycles. The van der Waals surface area contributed by atoms with Gasteiger partial charge < -0.3 is 9.30 Å². The number of rotatable bonds is 6. The number of thioether (sulfide) groups is 2. The highest BCUT2D eigenvalue weighted by atomic mass is 32.2. The molecular formula is C20H20N2O3S3. The lowest BCUT2D eigenvalue weighted by Crippen LogP contribution is -2.18. The molecule has 1 aromatic heterocycles. The fraction of sp³-hybridized carbons (Fsp3) is 0.250. The van der Waals surface area contributed by atoms with Crippen molar-refractivity contribution in [3.05, 3.63) is 58.4 Å². The average Bonchev–Trinajstić information content (AvgIpc) is 3.07. The lowest BCUT2D eigenvalue weighted by atomic mass is 10.2. The second-order valence-corrected chi connectivity index (χ2v) is 8.66. The fourth-order valence-electron chi connectivity index (χ4n) is 2.77. The Hall–Kier alpha value is -2.03. The van der Waals surface area contributed by atoms with Crippen molar-refractivity contribution in [2.75, 3.05) is 25.4 Å². The minimum Gasteiger partial charge on any atom is -0.465 e. The lowest BCUT2D eigenvalue weighted by molar-refractivity contribution is 0.0601. The summed E-state index contributed by atoms with van der Waals surface area (Å²) in [5, 5.41) is 0. The van der Waals surface area contributed by atoms with E-state index >= 15 is 0 Å². The van der Waals surface area contributed by atoms with Crippen LogP contribution in [0.15, 0.2) is 52.4 Å². The zero-order valence-corrected chi connectivity index (χ0v) is 18.2. The topological polar surface area (TPSA) is 60.7 Å². The van der Waals surface area contributed by atoms with Gasteiger partial charge in [-0.15, -0.1) is 11.8 Å². The number of esters is 1. The first kappa shape index (κ1) is 20.7. The Morgan fingerprint density at radius 3 is 2.68 bits per heavy atom. The molecule has 3 aromatic rings. The standard InChI is InChI=1S/C20H20N2O3S3/c1-25-19(24)13-8-9-15-17(12-13)28-20(22(15)10-11-26-2)21-18(23)14-6-4-5-7-16(14)27-3/h4-9,12H,10-11H2,1-3H3. The molecule has 0 atom stereocenters. The van der Waals surface area contributed by atoms with Crippen molar-refractivity contribution in [3.63, 3.8) is 0 Å². The number of amides is 1. The molecule has 0 radical (unpaired) electrons. The minimum absolute atomic E-state index is 0.261. The highest BCUT2D eigenvalue weighted by Crippen LogP contribution is 2.22. The van der Waals surface area contributed by atoms with Crippen molar-refractivity contribution in [3.8, 4) is 0 Å². The first-order chi connectivity index (χ1) is 13.6. The number of thiazole rings is 1. The van der Waals surface area contributed by atoms with E-state index in [1.54, 1.807) is 30.0 Å². The molecule has 0 aliphatic rings. The summed E-state index contributed by atoms with van der Waals surface area (Å²) in [6.07, 6.45) is 3.99. The van der Waals surface area contributed by atoms with Crippen LogP contribution in [0.2, 0.25) is 0 Å². The second kappa shape index (κ2) is 9.45. The molecule has 8 heteroatoms. The van der Waals surface area contributed by atoms with Crippen molar-refractivity contribution < 1.29 is 14.3 Å². The number of nitrogens with zero attached hydrogens (tertiary/aromatic N) is 2. The van der Waals surface area contributed by atoms with E-state index in [-0.39, 0.29) is 11.9 Å². The number of benzene rings is 2. The van der Waals surface area contributed by atoms with Crippen LogP contribution in [0.3, 0.4) is 0 Å². The summed E-state index contributed by atoms with van der Waals surface area (Å²) in [7, 11) is 1.36. The summed E-state index contributed by atoms with van der Waals surface area (Å²) in [6, 6.07) is 12.9. The summed E-state index contributed by atoms with van der Waals surface area (Å²) in [5.41, 5.74) is 2.04. The van der Waals surface area contributed by atoms with Gasteiger partial charge in [-0.05, 0) is 42.8 Å². The molecule has 0 fully saturated rings. The molecule has 0 N–H and O–H groups in total. The van der Waals surface area contributed by atoms with E-state index in [1.165, 1.54) is 30.2 Å². The van der Waals surface area contributed by atoms with Gasteiger partial charge >= 0.3 is 5.97 Å². The quantitative estimate of drug-likeness (QED) is 0.429. The number of aryl methyl sites for hydroxylation is 1. The fourth-order valence-corrected chi connectivity index (χ4v) is 4.82. The van der Waals surface area contributed by atoms with Crippen molar-refractivity contribution in [1.82, 2.24) is 4.57 Å². The number of aromatic nitrogens is 1. The number of carbonyl (C=O) groups is 2. The number of methoxy groups -OCH3 is 1. The number of hydrogen-bond acceptors (Lipinski definition) is 6. The molecule has 28 heavy (non-hydrogen) atoms. The van der Waals surface area contributed by atoms with Gasteiger partial charge in [-0.3, -0.25) is 4.79 Å². The summed E-state index contributed by atoms with van der Waals surface area (Å²) >= 11 is 4.66. The Morgan fingerprint density at radius 2 is 1.96 bits per heavy atom. The van der Waals surface area contributed by atoms with E-state index in [9.17, 15) is 9.59 Å². The van der Waals surface area contributed by atoms with E-state index in [4.69, 9.17) is 4.74 Å². The third-order valence-electron chi connectivity index (χ3n) is 4.16. The van der Waals surface area contributed by atoms with Gasteiger partial charge in [0.15, 0.2) is 4.80 Å². The third-order valence-corrected chi connectivity index (χ3v) is 6.59. The van der Waals surface area contributed by atoms with E-state index in [0.29, 0.717) is 15.9 Å². The maximum absolute atomic E-state index is 12.9. The zero-order valence-electron chi connectivity index (χ0n) is 15.8. The molecule has 5 nitrogen and oxygen atoms in total. The van der Waals surface area contributed by atoms with Gasteiger partial charge in [-0.2, -0.15) is 16.8 Å². The van der Waals surface area contributed by atoms with Crippen LogP contribution in [0.25, 0.3) is 10.2 Å². The van der Waals surface area contributed by atoms with Crippen LogP contribution in [0, 0.1) is 0 Å². The number of hydrogen-bond donors (Lipinski definition) is 0. The van der Waals surface area contributed by atoms with Crippen molar-refractivity contribution in [1.29, 1.82) is 0 Å². The van der Waals surface area contributed by atoms with Crippen LogP contribution in [0.1, 0.15) is 20.7 Å². The normalized spacial score (nSPS) is 11.8. The molecule has 0 unspecified atom stereocenters. The SMILES string of the molecule is COC(=O)c1ccc2c(c1)sc(=NC(=O)c1ccccc1SC)n2CCSC. The molecule has 0 spiro atoms. The molecule has 3 rings (SSSR count). The van der Waals surface area contributed by atoms with E-state index in [2.05, 4.69) is 4.99 Å². The van der Waals surface area contributed by atoms with Crippen LogP contribution in [0.4, 0.5) is 0 Å². The Kier molecular flexibility index (Phi) is 6.98. The highest BCUT2D eigenvalue weighted by molar-refractivity contribution is 7.98. The highest BCUT2D eigenvalue weighted by Gasteiger charge is 2.14. The summed E-state index contributed by atoms with van der Waals surface area (Å²) in [5.74, 6) is 0.255. The van der Waals surface area contributed by atoms with Crippen LogP contribution in [-0.2, 0) is 11.3 Å². The first-order valence-electron chi connectivity index (χ1n) is 8.51. The van der Waals surface area contributed by atoms with E-state index in [0.717, 1.165) is 27.4 Å². The number of carbonyl (C=O) groups excluding carboxylic acids is 2. The van der Waals surface area contributed by atoms with E-state index in [1.807, 2.05) is 41.3 Å². The second-order valence-electron chi connectivity index (χ2n) is 5.82. The molecule has 0 saturated carbocycles. The molecule has 0 aliphatic heterocycles. The maximum atomic E-state index is 12.9. The Morgan fingerprint density at radius 1 is 1.18 bits per heavy atom. The molecular weight excluding hydrogens is 412 g/mol. The Bertz CT molecular complexity index is 1090. The van der Waals surface area contributed by atoms with Gasteiger partial charge in [0.25, 0.3) is 5.91 Å². The molecule has 146 valence electrons. The molecule has 0 aliphatic carbocycles. The lowest BCUT2D eigenvalue weighted by Gasteiger charge is -2.05. The minimum atomic E-state index is -0.380. The predicted molar refractivity (Wildman–Crippen MR) is 118 cm³/mol. The van der Waals surface area contributed by atoms with Crippen molar-refractivity contribution >= 4 is 57.0 Å². The van der Waals surface area contributed by atoms with Gasteiger partial charge in [0.05, 0.1) is 28.5 Å². The van der Waals surface area contributed by atoms with Crippen LogP contribution < -0.4 is 4.80 Å². The smallest absolute Gasteiger partial charge is 0.337 e. The monoisotopic (exact) mass is 432 g/mol. The summed E-state index contributed by atoms with van der Waals surface area (Å²) < 4.78 is 7.75. The summed E-state index contributed by atoms with van der Waals surface area (Å²) in [6.45, 7) is 0.731.